The average Bonchev–Trinajstić information content (AvgIpc) is 3.50. The highest BCUT2D eigenvalue weighted by Gasteiger charge is 2.17. The molecule has 8 rings (SSSR count). The van der Waals surface area contributed by atoms with Gasteiger partial charge in [-0.05, 0) is 54.1 Å². The van der Waals surface area contributed by atoms with Crippen molar-refractivity contribution in [2.24, 2.45) is 0 Å². The topological polar surface area (TPSA) is 9.86 Å². The second kappa shape index (κ2) is 8.62. The van der Waals surface area contributed by atoms with E-state index in [4.69, 9.17) is 11.6 Å². The van der Waals surface area contributed by atoms with Gasteiger partial charge in [0.1, 0.15) is 0 Å². The molecule has 0 unspecified atom stereocenters. The molecule has 0 saturated carbocycles. The van der Waals surface area contributed by atoms with E-state index in [2.05, 4.69) is 137 Å². The molecule has 0 saturated heterocycles. The number of benzene rings is 6. The molecule has 2 nitrogen and oxygen atoms in total. The minimum atomic E-state index is 0.741. The Balaban J connectivity index is 1.52. The van der Waals surface area contributed by atoms with Crippen LogP contribution in [0.5, 0.6) is 0 Å². The van der Waals surface area contributed by atoms with E-state index >= 15 is 0 Å². The molecule has 0 aliphatic carbocycles. The molecule has 184 valence electrons. The minimum Gasteiger partial charge on any atom is -0.309 e. The lowest BCUT2D eigenvalue weighted by Gasteiger charge is -2.16. The fraction of sp³-hybridized carbons (Fsp3) is 0. The van der Waals surface area contributed by atoms with E-state index in [1.165, 1.54) is 43.6 Å². The van der Waals surface area contributed by atoms with Crippen LogP contribution < -0.4 is 0 Å². The van der Waals surface area contributed by atoms with Gasteiger partial charge < -0.3 is 9.13 Å². The second-order valence-electron chi connectivity index (χ2n) is 9.96. The Morgan fingerprint density at radius 1 is 0.385 bits per heavy atom. The van der Waals surface area contributed by atoms with Crippen LogP contribution in [0, 0.1) is 0 Å². The number of aromatic nitrogens is 2. The molecule has 3 heteroatoms. The van der Waals surface area contributed by atoms with Crippen LogP contribution in [0.25, 0.3) is 66.1 Å². The molecule has 2 aromatic heterocycles. The highest BCUT2D eigenvalue weighted by Crippen LogP contribution is 2.38. The Kier molecular flexibility index (Phi) is 4.91. The molecule has 0 amide bonds. The molecule has 0 spiro atoms. The average molecular weight is 519 g/mol. The van der Waals surface area contributed by atoms with Crippen molar-refractivity contribution >= 4 is 55.2 Å². The highest BCUT2D eigenvalue weighted by molar-refractivity contribution is 6.33. The zero-order valence-electron chi connectivity index (χ0n) is 21.1. The summed E-state index contributed by atoms with van der Waals surface area (Å²) in [6, 6.07) is 49.5. The Morgan fingerprint density at radius 3 is 1.15 bits per heavy atom. The molecule has 2 heterocycles. The smallest absolute Gasteiger partial charge is 0.0541 e. The summed E-state index contributed by atoms with van der Waals surface area (Å²) in [5.41, 5.74) is 9.03. The molecule has 0 N–H and O–H groups in total. The normalized spacial score (nSPS) is 11.7. The van der Waals surface area contributed by atoms with Gasteiger partial charge in [0.15, 0.2) is 0 Å². The number of hydrogen-bond donors (Lipinski definition) is 0. The van der Waals surface area contributed by atoms with Gasteiger partial charge in [-0.15, -0.1) is 0 Å². The fourth-order valence-electron chi connectivity index (χ4n) is 6.11. The summed E-state index contributed by atoms with van der Waals surface area (Å²) in [6.45, 7) is 0. The third kappa shape index (κ3) is 3.35. The van der Waals surface area contributed by atoms with Gasteiger partial charge in [0.2, 0.25) is 0 Å². The number of rotatable bonds is 3. The molecular weight excluding hydrogens is 496 g/mol. The lowest BCUT2D eigenvalue weighted by atomic mass is 10.0. The fourth-order valence-corrected chi connectivity index (χ4v) is 6.35. The second-order valence-corrected chi connectivity index (χ2v) is 10.4. The van der Waals surface area contributed by atoms with Crippen molar-refractivity contribution in [3.05, 3.63) is 145 Å². The molecule has 8 aromatic rings. The third-order valence-electron chi connectivity index (χ3n) is 7.76. The van der Waals surface area contributed by atoms with Crippen molar-refractivity contribution in [2.45, 2.75) is 0 Å². The van der Waals surface area contributed by atoms with Crippen molar-refractivity contribution in [1.82, 2.24) is 9.13 Å². The van der Waals surface area contributed by atoms with Crippen LogP contribution in [-0.2, 0) is 0 Å². The highest BCUT2D eigenvalue weighted by atomic mass is 35.5. The van der Waals surface area contributed by atoms with E-state index in [0.29, 0.717) is 0 Å². The van der Waals surface area contributed by atoms with Gasteiger partial charge >= 0.3 is 0 Å². The lowest BCUT2D eigenvalue weighted by molar-refractivity contribution is 1.13. The molecule has 6 aromatic carbocycles. The molecule has 0 radical (unpaired) electrons. The van der Waals surface area contributed by atoms with Gasteiger partial charge in [-0.25, -0.2) is 0 Å². The van der Waals surface area contributed by atoms with Gasteiger partial charge in [-0.2, -0.15) is 0 Å². The maximum absolute atomic E-state index is 6.78. The van der Waals surface area contributed by atoms with Crippen LogP contribution >= 0.6 is 11.6 Å². The molecular formula is C36H23ClN2. The zero-order valence-corrected chi connectivity index (χ0v) is 21.8. The van der Waals surface area contributed by atoms with E-state index in [-0.39, 0.29) is 0 Å². The van der Waals surface area contributed by atoms with Crippen LogP contribution in [0.1, 0.15) is 0 Å². The van der Waals surface area contributed by atoms with Crippen LogP contribution in [0.4, 0.5) is 0 Å². The van der Waals surface area contributed by atoms with E-state index in [0.717, 1.165) is 27.5 Å². The summed E-state index contributed by atoms with van der Waals surface area (Å²) in [4.78, 5) is 0. The first-order valence-electron chi connectivity index (χ1n) is 13.1. The standard InChI is InChI=1S/C36H23ClN2/c37-32-16-6-1-11-27(32)24-21-25(38-33-17-7-2-12-28(33)29-13-3-8-18-34(29)38)23-26(22-24)39-35-19-9-4-14-30(35)31-15-5-10-20-36(31)39/h1-23H. The maximum atomic E-state index is 6.78. The van der Waals surface area contributed by atoms with E-state index in [1.807, 2.05) is 12.1 Å². The largest absolute Gasteiger partial charge is 0.309 e. The summed E-state index contributed by atoms with van der Waals surface area (Å²) >= 11 is 6.78. The number of nitrogens with zero attached hydrogens (tertiary/aromatic N) is 2. The van der Waals surface area contributed by atoms with Gasteiger partial charge in [0, 0.05) is 43.5 Å². The minimum absolute atomic E-state index is 0.741. The van der Waals surface area contributed by atoms with Gasteiger partial charge in [0.05, 0.1) is 22.1 Å². The van der Waals surface area contributed by atoms with E-state index in [1.54, 1.807) is 0 Å². The molecule has 0 atom stereocenters. The van der Waals surface area contributed by atoms with Crippen molar-refractivity contribution in [3.63, 3.8) is 0 Å². The lowest BCUT2D eigenvalue weighted by Crippen LogP contribution is -2.00. The predicted molar refractivity (Wildman–Crippen MR) is 166 cm³/mol. The molecule has 39 heavy (non-hydrogen) atoms. The number of halogens is 1. The van der Waals surface area contributed by atoms with E-state index < -0.39 is 0 Å². The Hall–Kier alpha value is -4.79. The summed E-state index contributed by atoms with van der Waals surface area (Å²) in [5.74, 6) is 0. The molecule has 0 fully saturated rings. The van der Waals surface area contributed by atoms with Crippen molar-refractivity contribution in [3.8, 4) is 22.5 Å². The third-order valence-corrected chi connectivity index (χ3v) is 8.09. The monoisotopic (exact) mass is 518 g/mol. The Morgan fingerprint density at radius 2 is 0.744 bits per heavy atom. The summed E-state index contributed by atoms with van der Waals surface area (Å²) in [7, 11) is 0. The maximum Gasteiger partial charge on any atom is 0.0541 e. The number of hydrogen-bond acceptors (Lipinski definition) is 0. The van der Waals surface area contributed by atoms with Crippen molar-refractivity contribution < 1.29 is 0 Å². The Bertz CT molecular complexity index is 1960. The first kappa shape index (κ1) is 22.2. The van der Waals surface area contributed by atoms with Gasteiger partial charge in [-0.1, -0.05) is 103 Å². The first-order chi connectivity index (χ1) is 19.3. The quantitative estimate of drug-likeness (QED) is 0.220. The summed E-state index contributed by atoms with van der Waals surface area (Å²) in [5, 5.41) is 5.72. The molecule has 0 aliphatic rings. The van der Waals surface area contributed by atoms with E-state index in [9.17, 15) is 0 Å². The van der Waals surface area contributed by atoms with Gasteiger partial charge in [0.25, 0.3) is 0 Å². The summed E-state index contributed by atoms with van der Waals surface area (Å²) in [6.07, 6.45) is 0. The van der Waals surface area contributed by atoms with Crippen LogP contribution in [0.15, 0.2) is 140 Å². The predicted octanol–water partition coefficient (Wildman–Crippen LogP) is 10.2. The van der Waals surface area contributed by atoms with Crippen LogP contribution in [-0.4, -0.2) is 9.13 Å². The van der Waals surface area contributed by atoms with Crippen LogP contribution in [0.3, 0.4) is 0 Å². The van der Waals surface area contributed by atoms with Gasteiger partial charge in [-0.3, -0.25) is 0 Å². The zero-order chi connectivity index (χ0) is 25.9. The molecule has 0 aliphatic heterocycles. The van der Waals surface area contributed by atoms with Crippen LogP contribution in [0.2, 0.25) is 5.02 Å². The Labute approximate surface area is 230 Å². The SMILES string of the molecule is Clc1ccccc1-c1cc(-n2c3ccccc3c3ccccc32)cc(-n2c3ccccc3c3ccccc32)c1. The first-order valence-corrected chi connectivity index (χ1v) is 13.5. The summed E-state index contributed by atoms with van der Waals surface area (Å²) < 4.78 is 4.75. The van der Waals surface area contributed by atoms with Crippen molar-refractivity contribution in [2.75, 3.05) is 0 Å². The molecule has 0 bridgehead atoms. The van der Waals surface area contributed by atoms with Crippen molar-refractivity contribution in [1.29, 1.82) is 0 Å². The number of fused-ring (bicyclic) bond motifs is 6. The number of para-hydroxylation sites is 4.